The van der Waals surface area contributed by atoms with Crippen molar-refractivity contribution < 1.29 is 0 Å². The molecule has 0 saturated carbocycles. The lowest BCUT2D eigenvalue weighted by atomic mass is 9.87. The number of unbranched alkanes of at least 4 members (excludes halogenated alkanes) is 3. The van der Waals surface area contributed by atoms with Gasteiger partial charge in [-0.15, -0.1) is 0 Å². The van der Waals surface area contributed by atoms with Crippen LogP contribution in [0.2, 0.25) is 0 Å². The molecule has 0 spiro atoms. The molecule has 0 aromatic rings. The molecular formula is C15H33N3. The van der Waals surface area contributed by atoms with Gasteiger partial charge in [0, 0.05) is 19.3 Å². The number of nitrogens with one attached hydrogen (secondary N) is 3. The van der Waals surface area contributed by atoms with Gasteiger partial charge in [-0.05, 0) is 38.8 Å². The van der Waals surface area contributed by atoms with E-state index in [9.17, 15) is 0 Å². The first-order valence-corrected chi connectivity index (χ1v) is 7.97. The van der Waals surface area contributed by atoms with Crippen LogP contribution in [-0.2, 0) is 0 Å². The topological polar surface area (TPSA) is 36.1 Å². The van der Waals surface area contributed by atoms with E-state index in [1.807, 2.05) is 7.05 Å². The normalized spacial score (nSPS) is 25.7. The number of hydrogen-bond donors (Lipinski definition) is 3. The predicted molar refractivity (Wildman–Crippen MR) is 79.8 cm³/mol. The van der Waals surface area contributed by atoms with E-state index in [1.54, 1.807) is 0 Å². The molecule has 108 valence electrons. The van der Waals surface area contributed by atoms with Gasteiger partial charge in [-0.2, -0.15) is 0 Å². The fourth-order valence-electron chi connectivity index (χ4n) is 2.93. The molecule has 3 N–H and O–H groups in total. The Bertz CT molecular complexity index is 183. The molecule has 18 heavy (non-hydrogen) atoms. The molecule has 2 unspecified atom stereocenters. The van der Waals surface area contributed by atoms with Gasteiger partial charge in [-0.25, -0.2) is 0 Å². The maximum atomic E-state index is 3.66. The van der Waals surface area contributed by atoms with Crippen LogP contribution in [0.3, 0.4) is 0 Å². The second-order valence-electron chi connectivity index (χ2n) is 5.65. The van der Waals surface area contributed by atoms with Gasteiger partial charge in [0.2, 0.25) is 0 Å². The van der Waals surface area contributed by atoms with Crippen LogP contribution in [-0.4, -0.2) is 32.8 Å². The zero-order valence-electron chi connectivity index (χ0n) is 12.4. The summed E-state index contributed by atoms with van der Waals surface area (Å²) in [4.78, 5) is 0. The third kappa shape index (κ3) is 6.72. The lowest BCUT2D eigenvalue weighted by molar-refractivity contribution is 0.272. The molecule has 2 atom stereocenters. The highest BCUT2D eigenvalue weighted by atomic mass is 15.1. The molecule has 3 nitrogen and oxygen atoms in total. The molecule has 0 amide bonds. The van der Waals surface area contributed by atoms with E-state index in [4.69, 9.17) is 0 Å². The van der Waals surface area contributed by atoms with Crippen LogP contribution >= 0.6 is 0 Å². The molecule has 0 radical (unpaired) electrons. The largest absolute Gasteiger partial charge is 0.315 e. The molecule has 3 heteroatoms. The Morgan fingerprint density at radius 2 is 2.06 bits per heavy atom. The van der Waals surface area contributed by atoms with Crippen LogP contribution in [0, 0.1) is 5.92 Å². The second kappa shape index (κ2) is 10.8. The van der Waals surface area contributed by atoms with E-state index in [2.05, 4.69) is 22.9 Å². The number of hydrogen-bond acceptors (Lipinski definition) is 3. The van der Waals surface area contributed by atoms with E-state index in [0.29, 0.717) is 6.04 Å². The minimum absolute atomic E-state index is 0.652. The van der Waals surface area contributed by atoms with Crippen molar-refractivity contribution in [3.63, 3.8) is 0 Å². The van der Waals surface area contributed by atoms with Gasteiger partial charge in [0.05, 0.1) is 0 Å². The van der Waals surface area contributed by atoms with Crippen molar-refractivity contribution in [3.8, 4) is 0 Å². The number of rotatable bonds is 8. The Morgan fingerprint density at radius 1 is 1.17 bits per heavy atom. The van der Waals surface area contributed by atoms with Crippen LogP contribution in [0.5, 0.6) is 0 Å². The van der Waals surface area contributed by atoms with Gasteiger partial charge >= 0.3 is 0 Å². The van der Waals surface area contributed by atoms with Gasteiger partial charge in [-0.3, -0.25) is 0 Å². The van der Waals surface area contributed by atoms with Gasteiger partial charge < -0.3 is 16.0 Å². The zero-order chi connectivity index (χ0) is 13.1. The summed E-state index contributed by atoms with van der Waals surface area (Å²) in [5, 5.41) is 10.5. The van der Waals surface area contributed by atoms with Crippen molar-refractivity contribution in [1.29, 1.82) is 0 Å². The lowest BCUT2D eigenvalue weighted by Gasteiger charge is -2.30. The molecule has 1 saturated heterocycles. The Morgan fingerprint density at radius 3 is 2.83 bits per heavy atom. The van der Waals surface area contributed by atoms with E-state index >= 15 is 0 Å². The molecular weight excluding hydrogens is 222 g/mol. The molecule has 1 aliphatic heterocycles. The quantitative estimate of drug-likeness (QED) is 0.461. The Balaban J connectivity index is 2.33. The molecule has 1 aliphatic rings. The molecule has 0 aromatic heterocycles. The SMILES string of the molecule is CCCCCCC1CCCCNCC1NCNC. The van der Waals surface area contributed by atoms with E-state index in [0.717, 1.165) is 19.1 Å². The summed E-state index contributed by atoms with van der Waals surface area (Å²) < 4.78 is 0. The zero-order valence-corrected chi connectivity index (χ0v) is 12.4. The third-order valence-corrected chi connectivity index (χ3v) is 4.08. The summed E-state index contributed by atoms with van der Waals surface area (Å²) in [6.45, 7) is 5.55. The molecule has 1 fully saturated rings. The third-order valence-electron chi connectivity index (χ3n) is 4.08. The van der Waals surface area contributed by atoms with E-state index in [-0.39, 0.29) is 0 Å². The van der Waals surface area contributed by atoms with Gasteiger partial charge in [0.1, 0.15) is 0 Å². The van der Waals surface area contributed by atoms with Gasteiger partial charge in [0.25, 0.3) is 0 Å². The van der Waals surface area contributed by atoms with Crippen LogP contribution in [0.15, 0.2) is 0 Å². The predicted octanol–water partition coefficient (Wildman–Crippen LogP) is 2.48. The molecule has 0 aromatic carbocycles. The first-order valence-electron chi connectivity index (χ1n) is 7.97. The highest BCUT2D eigenvalue weighted by Gasteiger charge is 2.21. The van der Waals surface area contributed by atoms with Crippen molar-refractivity contribution in [2.24, 2.45) is 5.92 Å². The molecule has 0 aliphatic carbocycles. The van der Waals surface area contributed by atoms with Crippen LogP contribution in [0.4, 0.5) is 0 Å². The first-order chi connectivity index (χ1) is 8.88. The van der Waals surface area contributed by atoms with Crippen LogP contribution < -0.4 is 16.0 Å². The van der Waals surface area contributed by atoms with E-state index < -0.39 is 0 Å². The fourth-order valence-corrected chi connectivity index (χ4v) is 2.93. The Hall–Kier alpha value is -0.120. The summed E-state index contributed by atoms with van der Waals surface area (Å²) in [6, 6.07) is 0.652. The highest BCUT2D eigenvalue weighted by Crippen LogP contribution is 2.22. The van der Waals surface area contributed by atoms with Crippen molar-refractivity contribution in [2.75, 3.05) is 26.8 Å². The standard InChI is InChI=1S/C15H33N3/c1-3-4-5-6-9-14-10-7-8-11-17-12-15(14)18-13-16-2/h14-18H,3-13H2,1-2H3. The maximum absolute atomic E-state index is 3.66. The molecule has 1 heterocycles. The van der Waals surface area contributed by atoms with Crippen molar-refractivity contribution in [1.82, 2.24) is 16.0 Å². The smallest absolute Gasteiger partial charge is 0.0454 e. The summed E-state index contributed by atoms with van der Waals surface area (Å²) >= 11 is 0. The summed E-state index contributed by atoms with van der Waals surface area (Å²) in [6.07, 6.45) is 11.1. The van der Waals surface area contributed by atoms with Gasteiger partial charge in [0.15, 0.2) is 0 Å². The minimum atomic E-state index is 0.652. The second-order valence-corrected chi connectivity index (χ2v) is 5.65. The lowest BCUT2D eigenvalue weighted by Crippen LogP contribution is -2.47. The fraction of sp³-hybridized carbons (Fsp3) is 1.00. The Kier molecular flexibility index (Phi) is 9.54. The minimum Gasteiger partial charge on any atom is -0.315 e. The Labute approximate surface area is 113 Å². The van der Waals surface area contributed by atoms with Crippen molar-refractivity contribution in [3.05, 3.63) is 0 Å². The average Bonchev–Trinajstić information content (AvgIpc) is 2.36. The maximum Gasteiger partial charge on any atom is 0.0454 e. The summed E-state index contributed by atoms with van der Waals surface area (Å²) in [5.41, 5.74) is 0. The summed E-state index contributed by atoms with van der Waals surface area (Å²) in [7, 11) is 2.01. The monoisotopic (exact) mass is 255 g/mol. The van der Waals surface area contributed by atoms with Gasteiger partial charge in [-0.1, -0.05) is 39.0 Å². The van der Waals surface area contributed by atoms with Crippen molar-refractivity contribution >= 4 is 0 Å². The van der Waals surface area contributed by atoms with Crippen molar-refractivity contribution in [2.45, 2.75) is 64.3 Å². The highest BCUT2D eigenvalue weighted by molar-refractivity contribution is 4.80. The van der Waals surface area contributed by atoms with E-state index in [1.165, 1.54) is 57.9 Å². The average molecular weight is 255 g/mol. The van der Waals surface area contributed by atoms with Crippen LogP contribution in [0.1, 0.15) is 58.3 Å². The first kappa shape index (κ1) is 15.9. The summed E-state index contributed by atoms with van der Waals surface area (Å²) in [5.74, 6) is 0.864. The molecule has 0 bridgehead atoms. The molecule has 1 rings (SSSR count). The van der Waals surface area contributed by atoms with Crippen LogP contribution in [0.25, 0.3) is 0 Å².